The quantitative estimate of drug-likeness (QED) is 0.0768. The van der Waals surface area contributed by atoms with Gasteiger partial charge in [-0.2, -0.15) is 0 Å². The minimum atomic E-state index is -0.703. The van der Waals surface area contributed by atoms with Gasteiger partial charge in [0.25, 0.3) is 0 Å². The van der Waals surface area contributed by atoms with Gasteiger partial charge < -0.3 is 17.0 Å². The number of halogens is 1. The summed E-state index contributed by atoms with van der Waals surface area (Å²) in [5.41, 5.74) is 0. The molecule has 0 heterocycles. The molecule has 196 valence electrons. The molecule has 0 atom stereocenters. The second-order valence-corrected chi connectivity index (χ2v) is 15.1. The van der Waals surface area contributed by atoms with E-state index >= 15 is 0 Å². The molecule has 0 unspecified atom stereocenters. The molecule has 0 aromatic heterocycles. The SMILES string of the molecule is CCCCCCCCC[P+](CCCCCCC)(CCCCCCC)CCCCCCC.[Br-]. The Balaban J connectivity index is 0. The zero-order valence-electron chi connectivity index (χ0n) is 23.2. The predicted molar refractivity (Wildman–Crippen MR) is 151 cm³/mol. The van der Waals surface area contributed by atoms with Gasteiger partial charge in [0, 0.05) is 7.26 Å². The molecule has 0 aromatic rings. The van der Waals surface area contributed by atoms with E-state index in [0.717, 1.165) is 0 Å². The van der Waals surface area contributed by atoms with Crippen LogP contribution in [0.5, 0.6) is 0 Å². The van der Waals surface area contributed by atoms with Crippen LogP contribution >= 0.6 is 7.26 Å². The highest BCUT2D eigenvalue weighted by Gasteiger charge is 2.34. The lowest BCUT2D eigenvalue weighted by atomic mass is 10.1. The summed E-state index contributed by atoms with van der Waals surface area (Å²) < 4.78 is 0. The molecule has 0 N–H and O–H groups in total. The molecular weight excluding hydrogens is 471 g/mol. The third-order valence-corrected chi connectivity index (χ3v) is 12.5. The van der Waals surface area contributed by atoms with E-state index in [1.807, 2.05) is 0 Å². The minimum Gasteiger partial charge on any atom is -1.00 e. The molecule has 0 aliphatic rings. The van der Waals surface area contributed by atoms with E-state index in [0.29, 0.717) is 0 Å². The lowest BCUT2D eigenvalue weighted by Gasteiger charge is -2.28. The van der Waals surface area contributed by atoms with Gasteiger partial charge in [-0.15, -0.1) is 0 Å². The summed E-state index contributed by atoms with van der Waals surface area (Å²) >= 11 is 0. The highest BCUT2D eigenvalue weighted by Crippen LogP contribution is 2.61. The molecular formula is C30H64BrP. The molecule has 0 amide bonds. The van der Waals surface area contributed by atoms with Gasteiger partial charge in [0.05, 0.1) is 24.6 Å². The van der Waals surface area contributed by atoms with E-state index in [1.54, 1.807) is 50.3 Å². The van der Waals surface area contributed by atoms with Gasteiger partial charge in [-0.05, 0) is 51.4 Å². The van der Waals surface area contributed by atoms with Crippen molar-refractivity contribution in [2.45, 2.75) is 169 Å². The first-order valence-corrected chi connectivity index (χ1v) is 17.6. The molecule has 0 rings (SSSR count). The molecule has 2 heteroatoms. The smallest absolute Gasteiger partial charge is 0.0594 e. The third-order valence-electron chi connectivity index (χ3n) is 7.44. The van der Waals surface area contributed by atoms with E-state index in [2.05, 4.69) is 27.7 Å². The number of hydrogen-bond donors (Lipinski definition) is 0. The van der Waals surface area contributed by atoms with Crippen molar-refractivity contribution in [3.63, 3.8) is 0 Å². The van der Waals surface area contributed by atoms with Crippen LogP contribution < -0.4 is 17.0 Å². The Labute approximate surface area is 217 Å². The average Bonchev–Trinajstić information content (AvgIpc) is 2.78. The fourth-order valence-electron chi connectivity index (χ4n) is 5.23. The second-order valence-electron chi connectivity index (χ2n) is 10.6. The zero-order valence-corrected chi connectivity index (χ0v) is 25.7. The fourth-order valence-corrected chi connectivity index (χ4v) is 10.1. The van der Waals surface area contributed by atoms with Crippen LogP contribution in [0.15, 0.2) is 0 Å². The molecule has 0 spiro atoms. The highest BCUT2D eigenvalue weighted by atomic mass is 79.9. The average molecular weight is 536 g/mol. The first-order chi connectivity index (χ1) is 15.2. The summed E-state index contributed by atoms with van der Waals surface area (Å²) in [5.74, 6) is 0. The van der Waals surface area contributed by atoms with Crippen molar-refractivity contribution in [3.8, 4) is 0 Å². The Hall–Kier alpha value is 0.910. The van der Waals surface area contributed by atoms with Gasteiger partial charge in [0.1, 0.15) is 0 Å². The molecule has 0 radical (unpaired) electrons. The normalized spacial score (nSPS) is 11.6. The van der Waals surface area contributed by atoms with Crippen LogP contribution in [0.25, 0.3) is 0 Å². The van der Waals surface area contributed by atoms with Crippen LogP contribution in [0, 0.1) is 0 Å². The van der Waals surface area contributed by atoms with Gasteiger partial charge in [0.15, 0.2) is 0 Å². The monoisotopic (exact) mass is 534 g/mol. The Morgan fingerprint density at radius 3 is 0.688 bits per heavy atom. The Kier molecular flexibility index (Phi) is 30.9. The number of unbranched alkanes of at least 4 members (excludes halogenated alkanes) is 18. The first kappa shape index (κ1) is 35.1. The summed E-state index contributed by atoms with van der Waals surface area (Å²) in [6.45, 7) is 9.39. The standard InChI is InChI=1S/C30H64P.BrH/c1-5-9-13-17-18-22-26-30-31(27-23-19-14-10-6-2,28-24-20-15-11-7-3)29-25-21-16-12-8-4;/h5-30H2,1-4H3;1H/q+1;/p-1. The molecule has 0 aromatic carbocycles. The van der Waals surface area contributed by atoms with Crippen molar-refractivity contribution in [1.29, 1.82) is 0 Å². The molecule has 32 heavy (non-hydrogen) atoms. The first-order valence-electron chi connectivity index (χ1n) is 15.1. The molecule has 0 aliphatic heterocycles. The highest BCUT2D eigenvalue weighted by molar-refractivity contribution is 7.75. The van der Waals surface area contributed by atoms with Crippen molar-refractivity contribution in [1.82, 2.24) is 0 Å². The van der Waals surface area contributed by atoms with Crippen molar-refractivity contribution in [2.75, 3.05) is 24.6 Å². The van der Waals surface area contributed by atoms with E-state index in [1.165, 1.54) is 116 Å². The predicted octanol–water partition coefficient (Wildman–Crippen LogP) is 8.67. The summed E-state index contributed by atoms with van der Waals surface area (Å²) in [7, 11) is -0.703. The molecule has 0 aliphatic carbocycles. The van der Waals surface area contributed by atoms with Crippen LogP contribution in [-0.4, -0.2) is 24.6 Å². The maximum absolute atomic E-state index is 2.35. The van der Waals surface area contributed by atoms with E-state index < -0.39 is 7.26 Å². The maximum atomic E-state index is 2.35. The Morgan fingerprint density at radius 2 is 0.469 bits per heavy atom. The van der Waals surface area contributed by atoms with Crippen LogP contribution in [0.1, 0.15) is 169 Å². The maximum Gasteiger partial charge on any atom is 0.0594 e. The number of hydrogen-bond acceptors (Lipinski definition) is 0. The number of rotatable bonds is 26. The van der Waals surface area contributed by atoms with E-state index in [9.17, 15) is 0 Å². The second kappa shape index (κ2) is 28.1. The Morgan fingerprint density at radius 1 is 0.281 bits per heavy atom. The van der Waals surface area contributed by atoms with Gasteiger partial charge >= 0.3 is 0 Å². The van der Waals surface area contributed by atoms with Crippen molar-refractivity contribution >= 4 is 7.26 Å². The third kappa shape index (κ3) is 22.7. The molecule has 0 fully saturated rings. The van der Waals surface area contributed by atoms with Crippen molar-refractivity contribution in [3.05, 3.63) is 0 Å². The molecule has 0 saturated heterocycles. The fraction of sp³-hybridized carbons (Fsp3) is 1.00. The molecule has 0 bridgehead atoms. The zero-order chi connectivity index (χ0) is 22.9. The van der Waals surface area contributed by atoms with Gasteiger partial charge in [-0.1, -0.05) is 118 Å². The van der Waals surface area contributed by atoms with Crippen molar-refractivity contribution in [2.24, 2.45) is 0 Å². The van der Waals surface area contributed by atoms with Crippen LogP contribution in [-0.2, 0) is 0 Å². The Bertz CT molecular complexity index is 295. The summed E-state index contributed by atoms with van der Waals surface area (Å²) in [6, 6.07) is 0. The van der Waals surface area contributed by atoms with Crippen LogP contribution in [0.3, 0.4) is 0 Å². The lowest BCUT2D eigenvalue weighted by Crippen LogP contribution is -3.00. The molecule has 0 nitrogen and oxygen atoms in total. The van der Waals surface area contributed by atoms with E-state index in [-0.39, 0.29) is 17.0 Å². The van der Waals surface area contributed by atoms with Crippen molar-refractivity contribution < 1.29 is 17.0 Å². The lowest BCUT2D eigenvalue weighted by molar-refractivity contribution is -0.00000712. The topological polar surface area (TPSA) is 0 Å². The van der Waals surface area contributed by atoms with E-state index in [4.69, 9.17) is 0 Å². The van der Waals surface area contributed by atoms with Gasteiger partial charge in [0.2, 0.25) is 0 Å². The van der Waals surface area contributed by atoms with Crippen LogP contribution in [0.2, 0.25) is 0 Å². The molecule has 0 saturated carbocycles. The minimum absolute atomic E-state index is 0. The van der Waals surface area contributed by atoms with Gasteiger partial charge in [-0.3, -0.25) is 0 Å². The summed E-state index contributed by atoms with van der Waals surface area (Å²) in [5, 5.41) is 0. The van der Waals surface area contributed by atoms with Gasteiger partial charge in [-0.25, -0.2) is 0 Å². The summed E-state index contributed by atoms with van der Waals surface area (Å²) in [6.07, 6.45) is 39.1. The summed E-state index contributed by atoms with van der Waals surface area (Å²) in [4.78, 5) is 0. The largest absolute Gasteiger partial charge is 1.00 e. The van der Waals surface area contributed by atoms with Crippen LogP contribution in [0.4, 0.5) is 0 Å².